The quantitative estimate of drug-likeness (QED) is 0.650. The lowest BCUT2D eigenvalue weighted by Crippen LogP contribution is -2.04. The predicted molar refractivity (Wildman–Crippen MR) is 103 cm³/mol. The maximum absolute atomic E-state index is 6.60. The topological polar surface area (TPSA) is 13.1 Å². The minimum Gasteiger partial charge on any atom is -0.463 e. The lowest BCUT2D eigenvalue weighted by atomic mass is 9.84. The average Bonchev–Trinajstić information content (AvgIpc) is 3.48. The van der Waals surface area contributed by atoms with Crippen LogP contribution in [0, 0.1) is 0 Å². The van der Waals surface area contributed by atoms with E-state index < -0.39 is 0 Å². The third-order valence-electron chi connectivity index (χ3n) is 5.31. The molecule has 1 nitrogen and oxygen atoms in total. The first-order chi connectivity index (χ1) is 12.4. The van der Waals surface area contributed by atoms with Crippen LogP contribution in [-0.2, 0) is 0 Å². The molecule has 0 atom stereocenters. The zero-order chi connectivity index (χ0) is 16.6. The monoisotopic (exact) mass is 324 g/mol. The zero-order valence-electron chi connectivity index (χ0n) is 14.0. The predicted octanol–water partition coefficient (Wildman–Crippen LogP) is 6.12. The third kappa shape index (κ3) is 2.39. The second kappa shape index (κ2) is 5.93. The molecule has 5 rings (SSSR count). The molecule has 25 heavy (non-hydrogen) atoms. The first-order valence-corrected chi connectivity index (χ1v) is 8.98. The highest BCUT2D eigenvalue weighted by atomic mass is 16.3. The van der Waals surface area contributed by atoms with Crippen molar-refractivity contribution in [1.29, 1.82) is 0 Å². The molecule has 1 aromatic heterocycles. The van der Waals surface area contributed by atoms with Gasteiger partial charge in [0.25, 0.3) is 0 Å². The summed E-state index contributed by atoms with van der Waals surface area (Å²) in [4.78, 5) is 0. The van der Waals surface area contributed by atoms with Gasteiger partial charge in [-0.1, -0.05) is 97.2 Å². The molecule has 4 aliphatic carbocycles. The van der Waals surface area contributed by atoms with E-state index in [0.717, 1.165) is 11.5 Å². The molecule has 0 spiro atoms. The summed E-state index contributed by atoms with van der Waals surface area (Å²) in [7, 11) is 0. The van der Waals surface area contributed by atoms with E-state index in [-0.39, 0.29) is 11.8 Å². The molecule has 0 bridgehead atoms. The van der Waals surface area contributed by atoms with Gasteiger partial charge >= 0.3 is 0 Å². The Balaban J connectivity index is 1.74. The molecule has 0 aliphatic heterocycles. The van der Waals surface area contributed by atoms with E-state index in [2.05, 4.69) is 97.2 Å². The van der Waals surface area contributed by atoms with Gasteiger partial charge in [-0.3, -0.25) is 0 Å². The molecule has 1 heteroatoms. The molecule has 0 amide bonds. The van der Waals surface area contributed by atoms with Gasteiger partial charge in [0.15, 0.2) is 0 Å². The van der Waals surface area contributed by atoms with Gasteiger partial charge in [0.2, 0.25) is 0 Å². The van der Waals surface area contributed by atoms with Gasteiger partial charge in [-0.15, -0.1) is 0 Å². The Morgan fingerprint density at radius 2 is 0.680 bits per heavy atom. The highest BCUT2D eigenvalue weighted by Crippen LogP contribution is 2.46. The minimum atomic E-state index is 0.230. The van der Waals surface area contributed by atoms with Crippen LogP contribution >= 0.6 is 0 Å². The van der Waals surface area contributed by atoms with Crippen molar-refractivity contribution < 1.29 is 4.42 Å². The molecule has 4 aliphatic rings. The SMILES string of the molecule is C1=CC(c2oc(C3C=CC=C3)c(C3C=CC=C3)c2C2C=CC=C2)C=C1. The van der Waals surface area contributed by atoms with Crippen LogP contribution in [0.15, 0.2) is 102 Å². The summed E-state index contributed by atoms with van der Waals surface area (Å²) in [6, 6.07) is 0. The summed E-state index contributed by atoms with van der Waals surface area (Å²) in [6.45, 7) is 0. The van der Waals surface area contributed by atoms with Crippen molar-refractivity contribution in [2.75, 3.05) is 0 Å². The first-order valence-electron chi connectivity index (χ1n) is 8.98. The summed E-state index contributed by atoms with van der Waals surface area (Å²) in [5.74, 6) is 3.24. The maximum atomic E-state index is 6.60. The molecule has 0 saturated heterocycles. The Morgan fingerprint density at radius 3 is 1.00 bits per heavy atom. The lowest BCUT2D eigenvalue weighted by Gasteiger charge is -2.15. The van der Waals surface area contributed by atoms with Crippen molar-refractivity contribution in [3.63, 3.8) is 0 Å². The molecule has 0 aromatic carbocycles. The van der Waals surface area contributed by atoms with Crippen molar-refractivity contribution in [2.24, 2.45) is 0 Å². The van der Waals surface area contributed by atoms with Crippen LogP contribution in [0.3, 0.4) is 0 Å². The number of furan rings is 1. The highest BCUT2D eigenvalue weighted by Gasteiger charge is 2.33. The van der Waals surface area contributed by atoms with Gasteiger partial charge in [0.1, 0.15) is 11.5 Å². The van der Waals surface area contributed by atoms with Crippen LogP contribution in [0.2, 0.25) is 0 Å². The summed E-state index contributed by atoms with van der Waals surface area (Å²) in [5.41, 5.74) is 2.69. The molecule has 0 fully saturated rings. The maximum Gasteiger partial charge on any atom is 0.119 e. The molecular weight excluding hydrogens is 304 g/mol. The fourth-order valence-electron chi connectivity index (χ4n) is 4.14. The molecular formula is C24H20O. The molecule has 0 N–H and O–H groups in total. The summed E-state index contributed by atoms with van der Waals surface area (Å²) in [6.07, 6.45) is 35.0. The van der Waals surface area contributed by atoms with Crippen molar-refractivity contribution in [2.45, 2.75) is 23.7 Å². The Bertz CT molecular complexity index is 801. The van der Waals surface area contributed by atoms with Crippen LogP contribution in [0.25, 0.3) is 0 Å². The standard InChI is InChI=1S/C24H20O/c1-2-10-17(9-1)21-22(18-11-3-4-12-18)24(20-15-7-8-16-20)25-23(21)19-13-5-6-14-19/h1-20H. The summed E-state index contributed by atoms with van der Waals surface area (Å²) in [5, 5.41) is 0. The van der Waals surface area contributed by atoms with Crippen molar-refractivity contribution in [3.05, 3.63) is 120 Å². The van der Waals surface area contributed by atoms with Crippen LogP contribution in [0.4, 0.5) is 0 Å². The lowest BCUT2D eigenvalue weighted by molar-refractivity contribution is 0.460. The summed E-state index contributed by atoms with van der Waals surface area (Å²) < 4.78 is 6.60. The molecule has 1 heterocycles. The van der Waals surface area contributed by atoms with E-state index in [9.17, 15) is 0 Å². The van der Waals surface area contributed by atoms with E-state index in [1.54, 1.807) is 0 Å². The number of rotatable bonds is 4. The Hall–Kier alpha value is -2.80. The average molecular weight is 324 g/mol. The van der Waals surface area contributed by atoms with E-state index in [1.807, 2.05) is 0 Å². The van der Waals surface area contributed by atoms with Gasteiger partial charge in [-0.05, 0) is 0 Å². The molecule has 122 valence electrons. The number of hydrogen-bond acceptors (Lipinski definition) is 1. The third-order valence-corrected chi connectivity index (χ3v) is 5.31. The van der Waals surface area contributed by atoms with E-state index >= 15 is 0 Å². The van der Waals surface area contributed by atoms with Crippen molar-refractivity contribution >= 4 is 0 Å². The van der Waals surface area contributed by atoms with E-state index in [1.165, 1.54) is 11.1 Å². The molecule has 0 saturated carbocycles. The Kier molecular flexibility index (Phi) is 3.45. The van der Waals surface area contributed by atoms with Gasteiger partial charge in [-0.25, -0.2) is 0 Å². The van der Waals surface area contributed by atoms with Gasteiger partial charge in [-0.2, -0.15) is 0 Å². The molecule has 0 unspecified atom stereocenters. The smallest absolute Gasteiger partial charge is 0.119 e. The van der Waals surface area contributed by atoms with E-state index in [0.29, 0.717) is 11.8 Å². The first kappa shape index (κ1) is 14.5. The molecule has 0 radical (unpaired) electrons. The van der Waals surface area contributed by atoms with Crippen LogP contribution in [0.5, 0.6) is 0 Å². The van der Waals surface area contributed by atoms with Crippen LogP contribution in [-0.4, -0.2) is 0 Å². The minimum absolute atomic E-state index is 0.230. The molecule has 1 aromatic rings. The second-order valence-electron chi connectivity index (χ2n) is 6.84. The van der Waals surface area contributed by atoms with Crippen molar-refractivity contribution in [1.82, 2.24) is 0 Å². The zero-order valence-corrected chi connectivity index (χ0v) is 14.0. The number of hydrogen-bond donors (Lipinski definition) is 0. The Labute approximate surface area is 148 Å². The normalized spacial score (nSPS) is 22.1. The van der Waals surface area contributed by atoms with E-state index in [4.69, 9.17) is 4.42 Å². The fraction of sp³-hybridized carbons (Fsp3) is 0.167. The van der Waals surface area contributed by atoms with Gasteiger partial charge in [0, 0.05) is 23.0 Å². The van der Waals surface area contributed by atoms with Gasteiger partial charge in [0.05, 0.1) is 11.8 Å². The van der Waals surface area contributed by atoms with Crippen LogP contribution in [0.1, 0.15) is 46.3 Å². The number of allylic oxidation sites excluding steroid dienone is 16. The Morgan fingerprint density at radius 1 is 0.400 bits per heavy atom. The fourth-order valence-corrected chi connectivity index (χ4v) is 4.14. The second-order valence-corrected chi connectivity index (χ2v) is 6.84. The van der Waals surface area contributed by atoms with Gasteiger partial charge < -0.3 is 4.42 Å². The highest BCUT2D eigenvalue weighted by molar-refractivity contribution is 5.55. The van der Waals surface area contributed by atoms with Crippen LogP contribution < -0.4 is 0 Å². The van der Waals surface area contributed by atoms with Crippen molar-refractivity contribution in [3.8, 4) is 0 Å². The summed E-state index contributed by atoms with van der Waals surface area (Å²) >= 11 is 0. The largest absolute Gasteiger partial charge is 0.463 e.